The fraction of sp³-hybridized carbons (Fsp3) is 0.417. The summed E-state index contributed by atoms with van der Waals surface area (Å²) < 4.78 is 31.2. The topological polar surface area (TPSA) is 88.7 Å². The van der Waals surface area contributed by atoms with Gasteiger partial charge in [0.1, 0.15) is 10.1 Å². The zero-order valence-corrected chi connectivity index (χ0v) is 12.7. The van der Waals surface area contributed by atoms with Crippen molar-refractivity contribution >= 4 is 16.1 Å². The molecular formula is C12H21N3O3S. The van der Waals surface area contributed by atoms with Crippen molar-refractivity contribution in [2.45, 2.75) is 11.8 Å². The molecule has 19 heavy (non-hydrogen) atoms. The van der Waals surface area contributed by atoms with Crippen molar-refractivity contribution in [1.82, 2.24) is 4.90 Å². The van der Waals surface area contributed by atoms with Crippen molar-refractivity contribution in [3.63, 3.8) is 0 Å². The minimum absolute atomic E-state index is 0.178. The van der Waals surface area contributed by atoms with Gasteiger partial charge in [-0.15, -0.1) is 0 Å². The molecule has 0 saturated carbocycles. The highest BCUT2D eigenvalue weighted by Gasteiger charge is 2.04. The van der Waals surface area contributed by atoms with Crippen molar-refractivity contribution in [2.75, 3.05) is 28.2 Å². The Kier molecular flexibility index (Phi) is 6.68. The Bertz CT molecular complexity index is 498. The van der Waals surface area contributed by atoms with Gasteiger partial charge in [0.15, 0.2) is 0 Å². The highest BCUT2D eigenvalue weighted by Crippen LogP contribution is 2.08. The second-order valence-corrected chi connectivity index (χ2v) is 5.89. The first kappa shape index (κ1) is 17.6. The van der Waals surface area contributed by atoms with Gasteiger partial charge in [0.2, 0.25) is 0 Å². The Balaban J connectivity index is 0.000000362. The van der Waals surface area contributed by atoms with Crippen LogP contribution in [0.4, 0.5) is 0 Å². The van der Waals surface area contributed by atoms with E-state index in [2.05, 4.69) is 0 Å². The Morgan fingerprint density at radius 2 is 1.63 bits per heavy atom. The third kappa shape index (κ3) is 6.90. The van der Waals surface area contributed by atoms with Gasteiger partial charge in [-0.25, -0.2) is 13.8 Å². The summed E-state index contributed by atoms with van der Waals surface area (Å²) in [6, 6.07) is 5.78. The second kappa shape index (κ2) is 7.22. The molecule has 0 aromatic heterocycles. The molecule has 0 aliphatic rings. The molecule has 6 nitrogen and oxygen atoms in total. The van der Waals surface area contributed by atoms with Gasteiger partial charge in [0, 0.05) is 14.1 Å². The van der Waals surface area contributed by atoms with Crippen LogP contribution in [0.25, 0.3) is 0 Å². The molecule has 1 aromatic carbocycles. The summed E-state index contributed by atoms with van der Waals surface area (Å²) in [4.78, 5) is 2.66. The number of benzene rings is 1. The lowest BCUT2D eigenvalue weighted by Gasteiger charge is -2.14. The summed E-state index contributed by atoms with van der Waals surface area (Å²) in [6.07, 6.45) is 0. The summed E-state index contributed by atoms with van der Waals surface area (Å²) in [7, 11) is 3.34. The normalized spacial score (nSPS) is 10.7. The lowest BCUT2D eigenvalue weighted by Crippen LogP contribution is -3.10. The van der Waals surface area contributed by atoms with Crippen LogP contribution in [-0.2, 0) is 10.1 Å². The average Bonchev–Trinajstić information content (AvgIpc) is 2.27. The molecule has 108 valence electrons. The number of aryl methyl sites for hydroxylation is 1. The van der Waals surface area contributed by atoms with Crippen LogP contribution < -0.4 is 4.90 Å². The van der Waals surface area contributed by atoms with Crippen molar-refractivity contribution in [1.29, 1.82) is 5.41 Å². The first-order chi connectivity index (χ1) is 8.55. The maximum Gasteiger partial charge on any atom is 0.294 e. The molecule has 0 unspecified atom stereocenters. The fourth-order valence-corrected chi connectivity index (χ4v) is 1.62. The number of rotatable bonds is 1. The standard InChI is InChI=1S/C7H8O3S.C5H13N3/c1-6-2-4-7(5-3-6)11(8,9)10;1-7(2)5(6)8(3)4/h2-5H,1H3,(H,8,9,10);6H,1-4H3. The molecule has 0 saturated heterocycles. The van der Waals surface area contributed by atoms with Gasteiger partial charge in [0.05, 0.1) is 19.0 Å². The van der Waals surface area contributed by atoms with Crippen LogP contribution in [0.2, 0.25) is 0 Å². The van der Waals surface area contributed by atoms with Crippen molar-refractivity contribution in [3.8, 4) is 0 Å². The monoisotopic (exact) mass is 287 g/mol. The Morgan fingerprint density at radius 1 is 1.21 bits per heavy atom. The predicted molar refractivity (Wildman–Crippen MR) is 73.4 cm³/mol. The molecule has 0 atom stereocenters. The van der Waals surface area contributed by atoms with Gasteiger partial charge in [-0.1, -0.05) is 17.7 Å². The second-order valence-electron chi connectivity index (χ2n) is 4.51. The summed E-state index contributed by atoms with van der Waals surface area (Å²) >= 11 is 0. The van der Waals surface area contributed by atoms with E-state index in [0.717, 1.165) is 10.5 Å². The van der Waals surface area contributed by atoms with Gasteiger partial charge in [-0.2, -0.15) is 0 Å². The summed E-state index contributed by atoms with van der Waals surface area (Å²) in [6.45, 7) is 1.82. The van der Waals surface area contributed by atoms with Gasteiger partial charge in [0.25, 0.3) is 5.96 Å². The molecule has 0 aliphatic carbocycles. The van der Waals surface area contributed by atoms with Gasteiger partial charge < -0.3 is 9.45 Å². The quantitative estimate of drug-likeness (QED) is 0.415. The summed E-state index contributed by atoms with van der Waals surface area (Å²) in [5.41, 5.74) is 0.928. The van der Waals surface area contributed by atoms with Gasteiger partial charge in [-0.05, 0) is 19.1 Å². The molecule has 0 radical (unpaired) electrons. The number of guanidine groups is 1. The molecule has 7 heteroatoms. The van der Waals surface area contributed by atoms with Crippen LogP contribution in [0.1, 0.15) is 5.56 Å². The zero-order valence-electron chi connectivity index (χ0n) is 11.9. The van der Waals surface area contributed by atoms with E-state index in [0.29, 0.717) is 5.96 Å². The minimum atomic E-state index is -4.27. The van der Waals surface area contributed by atoms with E-state index in [1.165, 1.54) is 12.1 Å². The third-order valence-corrected chi connectivity index (χ3v) is 3.08. The smallest absolute Gasteiger partial charge is 0.294 e. The maximum absolute atomic E-state index is 10.4. The third-order valence-electron chi connectivity index (χ3n) is 2.23. The zero-order chi connectivity index (χ0) is 15.2. The van der Waals surface area contributed by atoms with Crippen molar-refractivity contribution in [3.05, 3.63) is 29.8 Å². The molecule has 2 N–H and O–H groups in total. The molecule has 1 aromatic rings. The van der Waals surface area contributed by atoms with Crippen molar-refractivity contribution in [2.24, 2.45) is 0 Å². The number of hydrogen-bond acceptors (Lipinski definition) is 4. The molecule has 0 aliphatic heterocycles. The number of nitrogens with zero attached hydrogens (tertiary/aromatic N) is 1. The van der Waals surface area contributed by atoms with Gasteiger partial charge in [-0.3, -0.25) is 4.90 Å². The molecule has 0 bridgehead atoms. The van der Waals surface area contributed by atoms with E-state index in [-0.39, 0.29) is 4.90 Å². The largest absolute Gasteiger partial charge is 0.744 e. The Labute approximate surface area is 114 Å². The van der Waals surface area contributed by atoms with E-state index in [9.17, 15) is 13.0 Å². The Hall–Kier alpha value is -1.44. The molecular weight excluding hydrogens is 266 g/mol. The lowest BCUT2D eigenvalue weighted by atomic mass is 10.2. The van der Waals surface area contributed by atoms with E-state index in [1.807, 2.05) is 35.1 Å². The van der Waals surface area contributed by atoms with E-state index in [1.54, 1.807) is 17.0 Å². The molecule has 0 fully saturated rings. The highest BCUT2D eigenvalue weighted by atomic mass is 32.2. The number of nitrogens with one attached hydrogen (secondary N) is 2. The maximum atomic E-state index is 10.4. The molecule has 0 spiro atoms. The van der Waals surface area contributed by atoms with Crippen LogP contribution in [0.3, 0.4) is 0 Å². The number of quaternary nitrogens is 1. The highest BCUT2D eigenvalue weighted by molar-refractivity contribution is 7.85. The van der Waals surface area contributed by atoms with Crippen LogP contribution in [0, 0.1) is 12.3 Å². The molecule has 1 rings (SSSR count). The first-order valence-electron chi connectivity index (χ1n) is 5.64. The number of hydrogen-bond donors (Lipinski definition) is 2. The van der Waals surface area contributed by atoms with E-state index >= 15 is 0 Å². The SMILES string of the molecule is CN(C)C(=N)[NH+](C)C.Cc1ccc(S(=O)(=O)[O-])cc1. The lowest BCUT2D eigenvalue weighted by molar-refractivity contribution is -0.765. The molecule has 0 heterocycles. The summed E-state index contributed by atoms with van der Waals surface area (Å²) in [5, 5.41) is 7.29. The van der Waals surface area contributed by atoms with E-state index < -0.39 is 10.1 Å². The molecule has 0 amide bonds. The fourth-order valence-electron chi connectivity index (χ4n) is 1.15. The van der Waals surface area contributed by atoms with E-state index in [4.69, 9.17) is 5.41 Å². The summed E-state index contributed by atoms with van der Waals surface area (Å²) in [5.74, 6) is 0.602. The first-order valence-corrected chi connectivity index (χ1v) is 7.05. The van der Waals surface area contributed by atoms with Crippen LogP contribution >= 0.6 is 0 Å². The Morgan fingerprint density at radius 3 is 1.84 bits per heavy atom. The minimum Gasteiger partial charge on any atom is -0.744 e. The predicted octanol–water partition coefficient (Wildman–Crippen LogP) is -0.474. The van der Waals surface area contributed by atoms with Crippen molar-refractivity contribution < 1.29 is 17.9 Å². The van der Waals surface area contributed by atoms with Gasteiger partial charge >= 0.3 is 0 Å². The van der Waals surface area contributed by atoms with Crippen LogP contribution in [0.15, 0.2) is 29.2 Å². The van der Waals surface area contributed by atoms with Crippen LogP contribution in [-0.4, -0.2) is 52.0 Å². The van der Waals surface area contributed by atoms with Crippen LogP contribution in [0.5, 0.6) is 0 Å². The average molecular weight is 287 g/mol.